The Balaban J connectivity index is 0.00000338. The van der Waals surface area contributed by atoms with Crippen molar-refractivity contribution in [2.45, 2.75) is 20.0 Å². The van der Waals surface area contributed by atoms with Gasteiger partial charge in [0.1, 0.15) is 6.61 Å². The van der Waals surface area contributed by atoms with Gasteiger partial charge in [-0.15, -0.1) is 24.0 Å². The van der Waals surface area contributed by atoms with Crippen LogP contribution < -0.4 is 15.4 Å². The second-order valence-corrected chi connectivity index (χ2v) is 5.55. The molecule has 6 nitrogen and oxygen atoms in total. The zero-order chi connectivity index (χ0) is 17.9. The zero-order valence-electron chi connectivity index (χ0n) is 15.5. The third kappa shape index (κ3) is 7.57. The van der Waals surface area contributed by atoms with Crippen molar-refractivity contribution in [2.24, 2.45) is 4.99 Å². The Kier molecular flexibility index (Phi) is 10.6. The highest BCUT2D eigenvalue weighted by molar-refractivity contribution is 14.0. The van der Waals surface area contributed by atoms with Crippen molar-refractivity contribution in [3.63, 3.8) is 0 Å². The molecule has 7 heteroatoms. The fourth-order valence-corrected chi connectivity index (χ4v) is 2.22. The van der Waals surface area contributed by atoms with E-state index >= 15 is 0 Å². The molecule has 0 unspecified atom stereocenters. The smallest absolute Gasteiger partial charge is 0.213 e. The number of halogens is 1. The van der Waals surface area contributed by atoms with Gasteiger partial charge in [-0.05, 0) is 23.6 Å². The van der Waals surface area contributed by atoms with E-state index in [1.165, 1.54) is 11.1 Å². The first-order chi connectivity index (χ1) is 12.2. The standard InChI is InChI=1S/C19H26N4O2.HI/c1-15-6-4-5-7-17(15)14-23-19(20-2)22-13-16-8-9-18(21-12-16)25-11-10-24-3;/h4-9,12H,10-11,13-14H2,1-3H3,(H2,20,22,23);1H. The molecule has 1 aromatic heterocycles. The molecule has 0 aliphatic heterocycles. The van der Waals surface area contributed by atoms with Crippen LogP contribution in [0.25, 0.3) is 0 Å². The van der Waals surface area contributed by atoms with Gasteiger partial charge in [0.2, 0.25) is 5.88 Å². The summed E-state index contributed by atoms with van der Waals surface area (Å²) in [5.41, 5.74) is 3.57. The molecule has 0 spiro atoms. The lowest BCUT2D eigenvalue weighted by atomic mass is 10.1. The Bertz CT molecular complexity index is 677. The number of hydrogen-bond donors (Lipinski definition) is 2. The number of guanidine groups is 1. The maximum atomic E-state index is 5.45. The average molecular weight is 470 g/mol. The fraction of sp³-hybridized carbons (Fsp3) is 0.368. The Morgan fingerprint density at radius 3 is 2.50 bits per heavy atom. The molecule has 0 aliphatic rings. The number of pyridine rings is 1. The van der Waals surface area contributed by atoms with Crippen molar-refractivity contribution in [3.05, 3.63) is 59.3 Å². The lowest BCUT2D eigenvalue weighted by Gasteiger charge is -2.13. The highest BCUT2D eigenvalue weighted by Crippen LogP contribution is 2.08. The normalized spacial score (nSPS) is 10.8. The molecular weight excluding hydrogens is 443 g/mol. The second-order valence-electron chi connectivity index (χ2n) is 5.55. The fourth-order valence-electron chi connectivity index (χ4n) is 2.22. The number of benzene rings is 1. The predicted octanol–water partition coefficient (Wildman–Crippen LogP) is 2.90. The van der Waals surface area contributed by atoms with Crippen LogP contribution in [-0.4, -0.2) is 38.3 Å². The maximum Gasteiger partial charge on any atom is 0.213 e. The van der Waals surface area contributed by atoms with Crippen LogP contribution >= 0.6 is 24.0 Å². The molecule has 0 radical (unpaired) electrons. The SMILES string of the molecule is CN=C(NCc1ccc(OCCOC)nc1)NCc1ccccc1C.I. The first-order valence-corrected chi connectivity index (χ1v) is 8.28. The van der Waals surface area contributed by atoms with Crippen LogP contribution in [0.5, 0.6) is 5.88 Å². The number of aryl methyl sites for hydroxylation is 1. The summed E-state index contributed by atoms with van der Waals surface area (Å²) in [6.45, 7) is 4.52. The van der Waals surface area contributed by atoms with Crippen molar-refractivity contribution < 1.29 is 9.47 Å². The maximum absolute atomic E-state index is 5.45. The number of aromatic nitrogens is 1. The molecule has 1 aromatic carbocycles. The molecule has 2 N–H and O–H groups in total. The Labute approximate surface area is 172 Å². The van der Waals surface area contributed by atoms with E-state index in [2.05, 4.69) is 39.7 Å². The molecular formula is C19H27IN4O2. The summed E-state index contributed by atoms with van der Waals surface area (Å²) < 4.78 is 10.4. The summed E-state index contributed by atoms with van der Waals surface area (Å²) in [6, 6.07) is 12.1. The van der Waals surface area contributed by atoms with Crippen molar-refractivity contribution in [1.82, 2.24) is 15.6 Å². The zero-order valence-corrected chi connectivity index (χ0v) is 17.8. The minimum atomic E-state index is 0. The minimum absolute atomic E-state index is 0. The predicted molar refractivity (Wildman–Crippen MR) is 115 cm³/mol. The minimum Gasteiger partial charge on any atom is -0.475 e. The van der Waals surface area contributed by atoms with Gasteiger partial charge in [-0.2, -0.15) is 0 Å². The van der Waals surface area contributed by atoms with Gasteiger partial charge >= 0.3 is 0 Å². The third-order valence-corrected chi connectivity index (χ3v) is 3.73. The molecule has 2 rings (SSSR count). The molecule has 0 amide bonds. The summed E-state index contributed by atoms with van der Waals surface area (Å²) in [5, 5.41) is 6.61. The quantitative estimate of drug-likeness (QED) is 0.269. The number of rotatable bonds is 8. The first-order valence-electron chi connectivity index (χ1n) is 8.28. The highest BCUT2D eigenvalue weighted by atomic mass is 127. The molecule has 2 aromatic rings. The van der Waals surface area contributed by atoms with Crippen LogP contribution in [-0.2, 0) is 17.8 Å². The molecule has 0 fully saturated rings. The van der Waals surface area contributed by atoms with E-state index in [-0.39, 0.29) is 24.0 Å². The molecule has 142 valence electrons. The second kappa shape index (κ2) is 12.5. The largest absolute Gasteiger partial charge is 0.475 e. The van der Waals surface area contributed by atoms with Crippen molar-refractivity contribution in [3.8, 4) is 5.88 Å². The molecule has 0 saturated carbocycles. The van der Waals surface area contributed by atoms with Gasteiger partial charge in [-0.25, -0.2) is 4.98 Å². The van der Waals surface area contributed by atoms with Gasteiger partial charge in [0.25, 0.3) is 0 Å². The summed E-state index contributed by atoms with van der Waals surface area (Å²) >= 11 is 0. The topological polar surface area (TPSA) is 67.8 Å². The lowest BCUT2D eigenvalue weighted by molar-refractivity contribution is 0.143. The van der Waals surface area contributed by atoms with Crippen LogP contribution in [0.4, 0.5) is 0 Å². The molecule has 1 heterocycles. The molecule has 0 atom stereocenters. The average Bonchev–Trinajstić information content (AvgIpc) is 2.64. The summed E-state index contributed by atoms with van der Waals surface area (Å²) in [6.07, 6.45) is 1.80. The first kappa shape index (κ1) is 22.2. The van der Waals surface area contributed by atoms with E-state index in [9.17, 15) is 0 Å². The van der Waals surface area contributed by atoms with Crippen molar-refractivity contribution >= 4 is 29.9 Å². The summed E-state index contributed by atoms with van der Waals surface area (Å²) in [4.78, 5) is 8.53. The molecule has 0 bridgehead atoms. The van der Waals surface area contributed by atoms with Crippen LogP contribution in [0.3, 0.4) is 0 Å². The summed E-state index contributed by atoms with van der Waals surface area (Å²) in [7, 11) is 3.41. The van der Waals surface area contributed by atoms with Crippen LogP contribution in [0, 0.1) is 6.92 Å². The van der Waals surface area contributed by atoms with Gasteiger partial charge < -0.3 is 20.1 Å². The van der Waals surface area contributed by atoms with Gasteiger partial charge in [0.15, 0.2) is 5.96 Å². The number of hydrogen-bond acceptors (Lipinski definition) is 4. The number of methoxy groups -OCH3 is 1. The van der Waals surface area contributed by atoms with Gasteiger partial charge in [-0.3, -0.25) is 4.99 Å². The van der Waals surface area contributed by atoms with Gasteiger partial charge in [0.05, 0.1) is 6.61 Å². The molecule has 26 heavy (non-hydrogen) atoms. The monoisotopic (exact) mass is 470 g/mol. The number of aliphatic imine (C=N–C) groups is 1. The van der Waals surface area contributed by atoms with Crippen molar-refractivity contribution in [1.29, 1.82) is 0 Å². The van der Waals surface area contributed by atoms with Gasteiger partial charge in [0, 0.05) is 39.5 Å². The van der Waals surface area contributed by atoms with E-state index in [1.807, 2.05) is 24.3 Å². The number of ether oxygens (including phenoxy) is 2. The Morgan fingerprint density at radius 1 is 1.08 bits per heavy atom. The van der Waals surface area contributed by atoms with Crippen LogP contribution in [0.1, 0.15) is 16.7 Å². The number of nitrogens with one attached hydrogen (secondary N) is 2. The Morgan fingerprint density at radius 2 is 1.85 bits per heavy atom. The van der Waals surface area contributed by atoms with E-state index < -0.39 is 0 Å². The van der Waals surface area contributed by atoms with Crippen LogP contribution in [0.2, 0.25) is 0 Å². The highest BCUT2D eigenvalue weighted by Gasteiger charge is 2.02. The third-order valence-electron chi connectivity index (χ3n) is 3.73. The van der Waals surface area contributed by atoms with E-state index in [4.69, 9.17) is 9.47 Å². The van der Waals surface area contributed by atoms with Crippen LogP contribution in [0.15, 0.2) is 47.6 Å². The Hall–Kier alpha value is -1.87. The van der Waals surface area contributed by atoms with E-state index in [1.54, 1.807) is 20.4 Å². The van der Waals surface area contributed by atoms with Gasteiger partial charge in [-0.1, -0.05) is 30.3 Å². The summed E-state index contributed by atoms with van der Waals surface area (Å²) in [5.74, 6) is 1.35. The molecule has 0 saturated heterocycles. The van der Waals surface area contributed by atoms with E-state index in [0.29, 0.717) is 25.6 Å². The van der Waals surface area contributed by atoms with E-state index in [0.717, 1.165) is 18.1 Å². The number of nitrogens with zero attached hydrogens (tertiary/aromatic N) is 2. The molecule has 0 aliphatic carbocycles. The van der Waals surface area contributed by atoms with Crippen molar-refractivity contribution in [2.75, 3.05) is 27.4 Å². The lowest BCUT2D eigenvalue weighted by Crippen LogP contribution is -2.36.